The average Bonchev–Trinajstić information content (AvgIpc) is 2.04. The van der Waals surface area contributed by atoms with Crippen molar-refractivity contribution >= 4 is 0 Å². The highest BCUT2D eigenvalue weighted by Gasteiger charge is 2.10. The number of hydrogen-bond acceptors (Lipinski definition) is 2. The Morgan fingerprint density at radius 1 is 1.50 bits per heavy atom. The van der Waals surface area contributed by atoms with E-state index >= 15 is 0 Å². The second-order valence-corrected chi connectivity index (χ2v) is 2.65. The second-order valence-electron chi connectivity index (χ2n) is 2.65. The third-order valence-electron chi connectivity index (χ3n) is 1.70. The number of methoxy groups -OCH3 is 1. The minimum Gasteiger partial charge on any atom is -0.494 e. The molecule has 0 aromatic heterocycles. The van der Waals surface area contributed by atoms with Crippen LogP contribution in [0.1, 0.15) is 18.5 Å². The lowest BCUT2D eigenvalue weighted by Gasteiger charge is -2.09. The Morgan fingerprint density at radius 3 is 2.67 bits per heavy atom. The van der Waals surface area contributed by atoms with Crippen LogP contribution in [0.25, 0.3) is 0 Å². The molecule has 0 aliphatic rings. The highest BCUT2D eigenvalue weighted by Crippen LogP contribution is 2.23. The normalized spacial score (nSPS) is 12.7. The topological polar surface area (TPSA) is 35.2 Å². The standard InChI is InChI=1S/C9H12FNO/c1-6(11)7-4-3-5-8(12-2)9(7)10/h3-6H,11H2,1-2H3/t6-/m1/s1. The molecule has 0 spiro atoms. The summed E-state index contributed by atoms with van der Waals surface area (Å²) in [7, 11) is 1.43. The first kappa shape index (κ1) is 9.00. The first-order valence-electron chi connectivity index (χ1n) is 3.74. The van der Waals surface area contributed by atoms with Crippen LogP contribution in [0.4, 0.5) is 4.39 Å². The maximum Gasteiger partial charge on any atom is 0.169 e. The summed E-state index contributed by atoms with van der Waals surface area (Å²) < 4.78 is 18.1. The lowest BCUT2D eigenvalue weighted by molar-refractivity contribution is 0.383. The van der Waals surface area contributed by atoms with Crippen molar-refractivity contribution in [3.63, 3.8) is 0 Å². The van der Waals surface area contributed by atoms with Gasteiger partial charge in [0.15, 0.2) is 11.6 Å². The van der Waals surface area contributed by atoms with E-state index in [1.165, 1.54) is 7.11 Å². The van der Waals surface area contributed by atoms with Gasteiger partial charge in [0.25, 0.3) is 0 Å². The first-order valence-corrected chi connectivity index (χ1v) is 3.74. The number of ether oxygens (including phenoxy) is 1. The van der Waals surface area contributed by atoms with Crippen LogP contribution in [0, 0.1) is 5.82 Å². The van der Waals surface area contributed by atoms with E-state index < -0.39 is 0 Å². The monoisotopic (exact) mass is 169 g/mol. The summed E-state index contributed by atoms with van der Waals surface area (Å²) >= 11 is 0. The molecule has 0 aliphatic heterocycles. The third-order valence-corrected chi connectivity index (χ3v) is 1.70. The second kappa shape index (κ2) is 3.54. The molecule has 1 rings (SSSR count). The zero-order valence-electron chi connectivity index (χ0n) is 7.17. The fraction of sp³-hybridized carbons (Fsp3) is 0.333. The van der Waals surface area contributed by atoms with Gasteiger partial charge in [0, 0.05) is 11.6 Å². The van der Waals surface area contributed by atoms with Crippen LogP contribution in [0.15, 0.2) is 18.2 Å². The molecule has 0 radical (unpaired) electrons. The van der Waals surface area contributed by atoms with E-state index in [9.17, 15) is 4.39 Å². The van der Waals surface area contributed by atoms with Crippen LogP contribution in [-0.2, 0) is 0 Å². The summed E-state index contributed by atoms with van der Waals surface area (Å²) in [6.45, 7) is 1.73. The van der Waals surface area contributed by atoms with Gasteiger partial charge in [0.05, 0.1) is 7.11 Å². The molecule has 1 aromatic rings. The molecule has 0 amide bonds. The lowest BCUT2D eigenvalue weighted by atomic mass is 10.1. The van der Waals surface area contributed by atoms with Crippen LogP contribution >= 0.6 is 0 Å². The fourth-order valence-electron chi connectivity index (χ4n) is 1.04. The zero-order valence-corrected chi connectivity index (χ0v) is 7.17. The minimum absolute atomic E-state index is 0.241. The maximum atomic E-state index is 13.3. The summed E-state index contributed by atoms with van der Waals surface area (Å²) in [5, 5.41) is 0. The Morgan fingerprint density at radius 2 is 2.17 bits per heavy atom. The van der Waals surface area contributed by atoms with Gasteiger partial charge in [-0.3, -0.25) is 0 Å². The molecule has 1 atom stereocenters. The van der Waals surface area contributed by atoms with Gasteiger partial charge in [0.2, 0.25) is 0 Å². The van der Waals surface area contributed by atoms with Gasteiger partial charge in [-0.1, -0.05) is 12.1 Å². The van der Waals surface area contributed by atoms with E-state index in [0.717, 1.165) is 0 Å². The summed E-state index contributed by atoms with van der Waals surface area (Å²) in [5.41, 5.74) is 6.02. The number of nitrogens with two attached hydrogens (primary N) is 1. The van der Waals surface area contributed by atoms with E-state index in [2.05, 4.69) is 0 Å². The maximum absolute atomic E-state index is 13.3. The van der Waals surface area contributed by atoms with E-state index in [-0.39, 0.29) is 17.6 Å². The quantitative estimate of drug-likeness (QED) is 0.733. The number of hydrogen-bond donors (Lipinski definition) is 1. The van der Waals surface area contributed by atoms with Gasteiger partial charge in [-0.25, -0.2) is 4.39 Å². The summed E-state index contributed by atoms with van der Waals surface area (Å²) in [4.78, 5) is 0. The summed E-state index contributed by atoms with van der Waals surface area (Å²) in [6, 6.07) is 4.64. The highest BCUT2D eigenvalue weighted by molar-refractivity contribution is 5.32. The van der Waals surface area contributed by atoms with Crippen molar-refractivity contribution in [3.8, 4) is 5.75 Å². The van der Waals surface area contributed by atoms with Crippen molar-refractivity contribution in [2.24, 2.45) is 5.73 Å². The van der Waals surface area contributed by atoms with Gasteiger partial charge < -0.3 is 10.5 Å². The molecule has 2 nitrogen and oxygen atoms in total. The largest absolute Gasteiger partial charge is 0.494 e. The average molecular weight is 169 g/mol. The van der Waals surface area contributed by atoms with Gasteiger partial charge >= 0.3 is 0 Å². The van der Waals surface area contributed by atoms with E-state index in [0.29, 0.717) is 5.56 Å². The Bertz CT molecular complexity index is 273. The van der Waals surface area contributed by atoms with Crippen molar-refractivity contribution < 1.29 is 9.13 Å². The Labute approximate surface area is 71.1 Å². The SMILES string of the molecule is COc1cccc([C@@H](C)N)c1F. The van der Waals surface area contributed by atoms with E-state index in [4.69, 9.17) is 10.5 Å². The molecule has 0 saturated carbocycles. The smallest absolute Gasteiger partial charge is 0.169 e. The molecule has 0 bridgehead atoms. The van der Waals surface area contributed by atoms with Crippen molar-refractivity contribution in [1.82, 2.24) is 0 Å². The molecule has 0 aliphatic carbocycles. The molecule has 0 heterocycles. The van der Waals surface area contributed by atoms with Gasteiger partial charge in [-0.2, -0.15) is 0 Å². The van der Waals surface area contributed by atoms with Crippen molar-refractivity contribution in [2.45, 2.75) is 13.0 Å². The Balaban J connectivity index is 3.14. The fourth-order valence-corrected chi connectivity index (χ4v) is 1.04. The predicted molar refractivity (Wildman–Crippen MR) is 45.6 cm³/mol. The van der Waals surface area contributed by atoms with Crippen molar-refractivity contribution in [2.75, 3.05) is 7.11 Å². The van der Waals surface area contributed by atoms with Crippen LogP contribution < -0.4 is 10.5 Å². The van der Waals surface area contributed by atoms with E-state index in [1.807, 2.05) is 0 Å². The summed E-state index contributed by atoms with van der Waals surface area (Å²) in [6.07, 6.45) is 0. The van der Waals surface area contributed by atoms with Gasteiger partial charge in [-0.15, -0.1) is 0 Å². The molecular formula is C9H12FNO. The lowest BCUT2D eigenvalue weighted by Crippen LogP contribution is -2.07. The molecule has 0 saturated heterocycles. The number of benzene rings is 1. The van der Waals surface area contributed by atoms with Crippen molar-refractivity contribution in [3.05, 3.63) is 29.6 Å². The molecular weight excluding hydrogens is 157 g/mol. The Kier molecular flexibility index (Phi) is 2.65. The van der Waals surface area contributed by atoms with Crippen LogP contribution in [0.3, 0.4) is 0 Å². The van der Waals surface area contributed by atoms with Crippen LogP contribution in [0.2, 0.25) is 0 Å². The first-order chi connectivity index (χ1) is 5.66. The molecule has 1 aromatic carbocycles. The van der Waals surface area contributed by atoms with Crippen molar-refractivity contribution in [1.29, 1.82) is 0 Å². The molecule has 2 N–H and O–H groups in total. The van der Waals surface area contributed by atoms with Crippen LogP contribution in [0.5, 0.6) is 5.75 Å². The highest BCUT2D eigenvalue weighted by atomic mass is 19.1. The van der Waals surface area contributed by atoms with Gasteiger partial charge in [-0.05, 0) is 13.0 Å². The molecule has 3 heteroatoms. The molecule has 12 heavy (non-hydrogen) atoms. The summed E-state index contributed by atoms with van der Waals surface area (Å²) in [5.74, 6) is -0.125. The molecule has 0 fully saturated rings. The van der Waals surface area contributed by atoms with Gasteiger partial charge in [0.1, 0.15) is 0 Å². The van der Waals surface area contributed by atoms with Crippen LogP contribution in [-0.4, -0.2) is 7.11 Å². The zero-order chi connectivity index (χ0) is 9.14. The minimum atomic E-state index is -0.366. The predicted octanol–water partition coefficient (Wildman–Crippen LogP) is 1.85. The molecule has 0 unspecified atom stereocenters. The number of halogens is 1. The molecule has 66 valence electrons. The number of rotatable bonds is 2. The van der Waals surface area contributed by atoms with E-state index in [1.54, 1.807) is 25.1 Å². The third kappa shape index (κ3) is 1.56. The Hall–Kier alpha value is -1.09.